The van der Waals surface area contributed by atoms with E-state index in [9.17, 15) is 4.79 Å². The zero-order chi connectivity index (χ0) is 13.1. The maximum Gasteiger partial charge on any atom is 0.407 e. The molecular weight excluding hydrogens is 230 g/mol. The Morgan fingerprint density at radius 3 is 3.06 bits per heavy atom. The second-order valence-electron chi connectivity index (χ2n) is 4.19. The maximum atomic E-state index is 11.2. The molecule has 0 aromatic carbocycles. The van der Waals surface area contributed by atoms with Gasteiger partial charge in [-0.3, -0.25) is 0 Å². The molecule has 0 saturated carbocycles. The molecule has 0 aromatic heterocycles. The molecule has 0 bridgehead atoms. The molecule has 1 aliphatic carbocycles. The average Bonchev–Trinajstić information content (AvgIpc) is 2.41. The number of hydrogen-bond donors (Lipinski definition) is 1. The summed E-state index contributed by atoms with van der Waals surface area (Å²) < 4.78 is 9.98. The number of carbonyl (C=O) groups is 1. The molecule has 18 heavy (non-hydrogen) atoms. The first-order valence-electron chi connectivity index (χ1n) is 6.63. The van der Waals surface area contributed by atoms with E-state index in [0.29, 0.717) is 32.3 Å². The van der Waals surface area contributed by atoms with Gasteiger partial charge in [0.15, 0.2) is 0 Å². The minimum absolute atomic E-state index is 0.302. The van der Waals surface area contributed by atoms with Crippen LogP contribution in [0.1, 0.15) is 26.2 Å². The lowest BCUT2D eigenvalue weighted by atomic mass is 9.94. The van der Waals surface area contributed by atoms with Crippen molar-refractivity contribution in [1.82, 2.24) is 5.32 Å². The predicted molar refractivity (Wildman–Crippen MR) is 71.5 cm³/mol. The van der Waals surface area contributed by atoms with E-state index in [-0.39, 0.29) is 6.09 Å². The first kappa shape index (κ1) is 14.8. The summed E-state index contributed by atoms with van der Waals surface area (Å²) >= 11 is 0. The molecule has 1 atom stereocenters. The molecule has 1 unspecified atom stereocenters. The molecule has 1 N–H and O–H groups in total. The molecule has 0 heterocycles. The van der Waals surface area contributed by atoms with Crippen LogP contribution in [0.3, 0.4) is 0 Å². The first-order valence-corrected chi connectivity index (χ1v) is 6.63. The molecule has 1 amide bonds. The quantitative estimate of drug-likeness (QED) is 0.560. The number of carbonyl (C=O) groups excluding carboxylic acids is 1. The molecule has 102 valence electrons. The van der Waals surface area contributed by atoms with E-state index in [0.717, 1.165) is 12.8 Å². The van der Waals surface area contributed by atoms with Crippen LogP contribution >= 0.6 is 0 Å². The Morgan fingerprint density at radius 2 is 2.33 bits per heavy atom. The molecule has 0 saturated heterocycles. The number of alkyl carbamates (subject to hydrolysis) is 1. The monoisotopic (exact) mass is 253 g/mol. The topological polar surface area (TPSA) is 47.6 Å². The fraction of sp³-hybridized carbons (Fsp3) is 0.643. The Hall–Kier alpha value is -1.29. The van der Waals surface area contributed by atoms with Gasteiger partial charge in [0.25, 0.3) is 0 Å². The molecule has 0 aliphatic heterocycles. The normalized spacial score (nSPS) is 19.1. The maximum absolute atomic E-state index is 11.2. The van der Waals surface area contributed by atoms with Crippen molar-refractivity contribution in [3.05, 3.63) is 24.3 Å². The molecule has 1 aliphatic rings. The summed E-state index contributed by atoms with van der Waals surface area (Å²) in [7, 11) is 0. The van der Waals surface area contributed by atoms with Gasteiger partial charge >= 0.3 is 6.09 Å². The SMILES string of the molecule is CCOCCOC(=O)NC/C=C/C1CC=CCC1. The third kappa shape index (κ3) is 7.12. The summed E-state index contributed by atoms with van der Waals surface area (Å²) in [6.45, 7) is 3.83. The van der Waals surface area contributed by atoms with E-state index in [1.807, 2.05) is 13.0 Å². The molecule has 0 spiro atoms. The van der Waals surface area contributed by atoms with Crippen LogP contribution in [0.15, 0.2) is 24.3 Å². The number of amides is 1. The summed E-state index contributed by atoms with van der Waals surface area (Å²) in [6, 6.07) is 0. The Morgan fingerprint density at radius 1 is 1.44 bits per heavy atom. The van der Waals surface area contributed by atoms with Crippen LogP contribution < -0.4 is 5.32 Å². The second-order valence-corrected chi connectivity index (χ2v) is 4.19. The van der Waals surface area contributed by atoms with Gasteiger partial charge in [-0.15, -0.1) is 0 Å². The standard InChI is InChI=1S/C14H23NO3/c1-2-17-11-12-18-14(16)15-10-6-9-13-7-4-3-5-8-13/h3-4,6,9,13H,2,5,7-8,10-12H2,1H3,(H,15,16)/b9-6+. The van der Waals surface area contributed by atoms with Crippen molar-refractivity contribution < 1.29 is 14.3 Å². The van der Waals surface area contributed by atoms with E-state index in [2.05, 4.69) is 23.5 Å². The van der Waals surface area contributed by atoms with Gasteiger partial charge in [-0.2, -0.15) is 0 Å². The number of rotatable bonds is 7. The summed E-state index contributed by atoms with van der Waals surface area (Å²) in [5, 5.41) is 2.68. The van der Waals surface area contributed by atoms with Crippen LogP contribution in [0.2, 0.25) is 0 Å². The third-order valence-electron chi connectivity index (χ3n) is 2.75. The Bertz CT molecular complexity index is 287. The van der Waals surface area contributed by atoms with Gasteiger partial charge < -0.3 is 14.8 Å². The minimum atomic E-state index is -0.386. The Kier molecular flexibility index (Phi) is 7.97. The largest absolute Gasteiger partial charge is 0.447 e. The van der Waals surface area contributed by atoms with Crippen molar-refractivity contribution in [3.8, 4) is 0 Å². The molecule has 4 heteroatoms. The van der Waals surface area contributed by atoms with Gasteiger partial charge in [-0.1, -0.05) is 24.3 Å². The van der Waals surface area contributed by atoms with E-state index in [4.69, 9.17) is 9.47 Å². The lowest BCUT2D eigenvalue weighted by molar-refractivity contribution is 0.0793. The van der Waals surface area contributed by atoms with Crippen LogP contribution in [-0.4, -0.2) is 32.5 Å². The fourth-order valence-electron chi connectivity index (χ4n) is 1.78. The average molecular weight is 253 g/mol. The highest BCUT2D eigenvalue weighted by Gasteiger charge is 2.05. The van der Waals surface area contributed by atoms with Crippen LogP contribution in [0.4, 0.5) is 4.79 Å². The Labute approximate surface area is 109 Å². The van der Waals surface area contributed by atoms with E-state index >= 15 is 0 Å². The number of allylic oxidation sites excluding steroid dienone is 3. The van der Waals surface area contributed by atoms with E-state index in [1.54, 1.807) is 0 Å². The molecule has 0 radical (unpaired) electrons. The highest BCUT2D eigenvalue weighted by Crippen LogP contribution is 2.18. The minimum Gasteiger partial charge on any atom is -0.447 e. The Balaban J connectivity index is 2.00. The van der Waals surface area contributed by atoms with Crippen molar-refractivity contribution in [2.75, 3.05) is 26.4 Å². The van der Waals surface area contributed by atoms with E-state index < -0.39 is 0 Å². The van der Waals surface area contributed by atoms with Gasteiger partial charge in [-0.05, 0) is 32.1 Å². The summed E-state index contributed by atoms with van der Waals surface area (Å²) in [6.07, 6.45) is 11.7. The van der Waals surface area contributed by atoms with Crippen LogP contribution in [0.5, 0.6) is 0 Å². The van der Waals surface area contributed by atoms with Gasteiger partial charge in [0.1, 0.15) is 6.61 Å². The van der Waals surface area contributed by atoms with Gasteiger partial charge in [0, 0.05) is 13.2 Å². The van der Waals surface area contributed by atoms with Crippen LogP contribution in [-0.2, 0) is 9.47 Å². The smallest absolute Gasteiger partial charge is 0.407 e. The molecule has 1 rings (SSSR count). The van der Waals surface area contributed by atoms with E-state index in [1.165, 1.54) is 6.42 Å². The van der Waals surface area contributed by atoms with Crippen molar-refractivity contribution in [2.45, 2.75) is 26.2 Å². The fourth-order valence-corrected chi connectivity index (χ4v) is 1.78. The van der Waals surface area contributed by atoms with Crippen LogP contribution in [0.25, 0.3) is 0 Å². The van der Waals surface area contributed by atoms with Crippen molar-refractivity contribution in [2.24, 2.45) is 5.92 Å². The van der Waals surface area contributed by atoms with Gasteiger partial charge in [0.05, 0.1) is 6.61 Å². The summed E-state index contributed by atoms with van der Waals surface area (Å²) in [5.41, 5.74) is 0. The van der Waals surface area contributed by atoms with Crippen molar-refractivity contribution in [1.29, 1.82) is 0 Å². The molecule has 0 fully saturated rings. The first-order chi connectivity index (χ1) is 8.83. The number of ether oxygens (including phenoxy) is 2. The second kappa shape index (κ2) is 9.71. The molecular formula is C14H23NO3. The highest BCUT2D eigenvalue weighted by atomic mass is 16.6. The zero-order valence-corrected chi connectivity index (χ0v) is 11.1. The highest BCUT2D eigenvalue weighted by molar-refractivity contribution is 5.67. The molecule has 4 nitrogen and oxygen atoms in total. The van der Waals surface area contributed by atoms with Crippen molar-refractivity contribution in [3.63, 3.8) is 0 Å². The van der Waals surface area contributed by atoms with Gasteiger partial charge in [0.2, 0.25) is 0 Å². The molecule has 0 aromatic rings. The number of nitrogens with one attached hydrogen (secondary N) is 1. The van der Waals surface area contributed by atoms with Gasteiger partial charge in [-0.25, -0.2) is 4.79 Å². The number of hydrogen-bond acceptors (Lipinski definition) is 3. The lowest BCUT2D eigenvalue weighted by Gasteiger charge is -2.12. The zero-order valence-electron chi connectivity index (χ0n) is 11.1. The third-order valence-corrected chi connectivity index (χ3v) is 2.75. The predicted octanol–water partition coefficient (Wildman–Crippen LogP) is 2.66. The van der Waals surface area contributed by atoms with Crippen molar-refractivity contribution >= 4 is 6.09 Å². The van der Waals surface area contributed by atoms with Crippen LogP contribution in [0, 0.1) is 5.92 Å². The summed E-state index contributed by atoms with van der Waals surface area (Å²) in [4.78, 5) is 11.2. The lowest BCUT2D eigenvalue weighted by Crippen LogP contribution is -2.25. The summed E-state index contributed by atoms with van der Waals surface area (Å²) in [5.74, 6) is 0.616.